The Hall–Kier alpha value is -0.850. The van der Waals surface area contributed by atoms with Gasteiger partial charge in [-0.2, -0.15) is 0 Å². The summed E-state index contributed by atoms with van der Waals surface area (Å²) in [7, 11) is 0. The number of aromatic nitrogens is 1. The van der Waals surface area contributed by atoms with Crippen molar-refractivity contribution in [2.24, 2.45) is 0 Å². The number of aryl methyl sites for hydroxylation is 2. The van der Waals surface area contributed by atoms with E-state index in [-0.39, 0.29) is 0 Å². The van der Waals surface area contributed by atoms with Crippen LogP contribution in [0.3, 0.4) is 0 Å². The lowest BCUT2D eigenvalue weighted by Gasteiger charge is -2.02. The minimum absolute atomic E-state index is 1.08. The second kappa shape index (κ2) is 11.9. The average molecular weight is 276 g/mol. The normalized spacial score (nSPS) is 10.9. The molecule has 0 N–H and O–H groups in total. The maximum atomic E-state index is 2.30. The van der Waals surface area contributed by atoms with Gasteiger partial charge in [0.1, 0.15) is 6.54 Å². The van der Waals surface area contributed by atoms with Crippen LogP contribution in [0, 0.1) is 0 Å². The third kappa shape index (κ3) is 8.35. The zero-order valence-corrected chi connectivity index (χ0v) is 13.7. The van der Waals surface area contributed by atoms with E-state index in [1.807, 2.05) is 0 Å². The van der Waals surface area contributed by atoms with E-state index in [2.05, 4.69) is 42.9 Å². The van der Waals surface area contributed by atoms with Crippen molar-refractivity contribution < 1.29 is 4.57 Å². The molecule has 0 amide bonds. The van der Waals surface area contributed by atoms with E-state index in [1.54, 1.807) is 0 Å². The predicted octanol–water partition coefficient (Wildman–Crippen LogP) is 5.46. The van der Waals surface area contributed by atoms with Crippen molar-refractivity contribution in [1.82, 2.24) is 0 Å². The highest BCUT2D eigenvalue weighted by Crippen LogP contribution is 2.11. The van der Waals surface area contributed by atoms with Crippen molar-refractivity contribution in [3.8, 4) is 0 Å². The van der Waals surface area contributed by atoms with Gasteiger partial charge in [0.2, 0.25) is 0 Å². The second-order valence-electron chi connectivity index (χ2n) is 5.97. The maximum Gasteiger partial charge on any atom is 0.171 e. The zero-order chi connectivity index (χ0) is 14.5. The molecule has 1 aromatic heterocycles. The molecule has 0 aliphatic carbocycles. The first-order chi connectivity index (χ1) is 9.86. The van der Waals surface area contributed by atoms with Gasteiger partial charge >= 0.3 is 0 Å². The van der Waals surface area contributed by atoms with Crippen LogP contribution in [0.25, 0.3) is 0 Å². The summed E-state index contributed by atoms with van der Waals surface area (Å²) in [5, 5.41) is 0. The minimum atomic E-state index is 1.08. The number of hydrogen-bond donors (Lipinski definition) is 0. The second-order valence-corrected chi connectivity index (χ2v) is 5.97. The molecule has 1 heteroatoms. The van der Waals surface area contributed by atoms with Crippen LogP contribution in [0.15, 0.2) is 24.5 Å². The first-order valence-electron chi connectivity index (χ1n) is 8.84. The Bertz CT molecular complexity index is 332. The fourth-order valence-electron chi connectivity index (χ4n) is 2.74. The molecular formula is C19H34N+. The average Bonchev–Trinajstić information content (AvgIpc) is 2.49. The summed E-state index contributed by atoms with van der Waals surface area (Å²) in [6.07, 6.45) is 19.9. The van der Waals surface area contributed by atoms with Crippen molar-refractivity contribution in [1.29, 1.82) is 0 Å². The monoisotopic (exact) mass is 276 g/mol. The molecule has 1 aromatic rings. The lowest BCUT2D eigenvalue weighted by molar-refractivity contribution is -0.694. The van der Waals surface area contributed by atoms with E-state index in [0.717, 1.165) is 6.54 Å². The van der Waals surface area contributed by atoms with Crippen molar-refractivity contribution >= 4 is 0 Å². The van der Waals surface area contributed by atoms with E-state index in [9.17, 15) is 0 Å². The SMILES string of the molecule is CCCCCCCCCCCCc1ccc[n+](CC)c1. The summed E-state index contributed by atoms with van der Waals surface area (Å²) < 4.78 is 2.27. The van der Waals surface area contributed by atoms with Crippen molar-refractivity contribution in [3.05, 3.63) is 30.1 Å². The molecule has 0 bridgehead atoms. The highest BCUT2D eigenvalue weighted by Gasteiger charge is 2.00. The first-order valence-corrected chi connectivity index (χ1v) is 8.84. The van der Waals surface area contributed by atoms with E-state index in [4.69, 9.17) is 0 Å². The third-order valence-corrected chi connectivity index (χ3v) is 4.10. The van der Waals surface area contributed by atoms with Crippen LogP contribution >= 0.6 is 0 Å². The van der Waals surface area contributed by atoms with E-state index >= 15 is 0 Å². The molecule has 0 aliphatic heterocycles. The number of hydrogen-bond acceptors (Lipinski definition) is 0. The predicted molar refractivity (Wildman–Crippen MR) is 87.9 cm³/mol. The minimum Gasteiger partial charge on any atom is -0.205 e. The standard InChI is InChI=1S/C19H34N/c1-3-5-6-7-8-9-10-11-12-13-15-19-16-14-17-20(4-2)18-19/h14,16-18H,3-13,15H2,1-2H3/q+1. The molecule has 0 aliphatic rings. The van der Waals surface area contributed by atoms with Gasteiger partial charge < -0.3 is 0 Å². The maximum absolute atomic E-state index is 2.30. The fourth-order valence-corrected chi connectivity index (χ4v) is 2.74. The molecule has 114 valence electrons. The topological polar surface area (TPSA) is 3.88 Å². The number of rotatable bonds is 12. The molecule has 1 heterocycles. The molecule has 0 radical (unpaired) electrons. The molecule has 20 heavy (non-hydrogen) atoms. The molecule has 0 saturated carbocycles. The van der Waals surface area contributed by atoms with E-state index < -0.39 is 0 Å². The molecule has 0 fully saturated rings. The molecular weight excluding hydrogens is 242 g/mol. The summed E-state index contributed by atoms with van der Waals surface area (Å²) in [5.74, 6) is 0. The van der Waals surface area contributed by atoms with E-state index in [0.29, 0.717) is 0 Å². The van der Waals surface area contributed by atoms with Crippen LogP contribution in [0.5, 0.6) is 0 Å². The molecule has 1 nitrogen and oxygen atoms in total. The van der Waals surface area contributed by atoms with Gasteiger partial charge in [0, 0.05) is 11.6 Å². The van der Waals surface area contributed by atoms with Gasteiger partial charge in [-0.3, -0.25) is 0 Å². The van der Waals surface area contributed by atoms with Crippen LogP contribution in [-0.4, -0.2) is 0 Å². The Morgan fingerprint density at radius 3 is 2.00 bits per heavy atom. The van der Waals surface area contributed by atoms with Gasteiger partial charge in [0.05, 0.1) is 0 Å². The van der Waals surface area contributed by atoms with Crippen LogP contribution in [0.4, 0.5) is 0 Å². The summed E-state index contributed by atoms with van der Waals surface area (Å²) >= 11 is 0. The number of nitrogens with zero attached hydrogens (tertiary/aromatic N) is 1. The Morgan fingerprint density at radius 2 is 1.40 bits per heavy atom. The van der Waals surface area contributed by atoms with Crippen molar-refractivity contribution in [3.63, 3.8) is 0 Å². The Balaban J connectivity index is 1.94. The van der Waals surface area contributed by atoms with Gasteiger partial charge in [-0.15, -0.1) is 0 Å². The number of pyridine rings is 1. The lowest BCUT2D eigenvalue weighted by atomic mass is 10.0. The molecule has 0 atom stereocenters. The third-order valence-electron chi connectivity index (χ3n) is 4.10. The van der Waals surface area contributed by atoms with Crippen LogP contribution in [-0.2, 0) is 13.0 Å². The first kappa shape index (κ1) is 17.2. The Morgan fingerprint density at radius 1 is 0.800 bits per heavy atom. The Kier molecular flexibility index (Phi) is 10.3. The highest BCUT2D eigenvalue weighted by molar-refractivity contribution is 5.05. The largest absolute Gasteiger partial charge is 0.205 e. The Labute approximate surface area is 126 Å². The van der Waals surface area contributed by atoms with Crippen molar-refractivity contribution in [2.45, 2.75) is 91.0 Å². The molecule has 0 spiro atoms. The lowest BCUT2D eigenvalue weighted by Crippen LogP contribution is -2.31. The van der Waals surface area contributed by atoms with Gasteiger partial charge in [0.25, 0.3) is 0 Å². The van der Waals surface area contributed by atoms with Crippen molar-refractivity contribution in [2.75, 3.05) is 0 Å². The van der Waals surface area contributed by atoms with Crippen LogP contribution in [0.1, 0.15) is 83.6 Å². The highest BCUT2D eigenvalue weighted by atomic mass is 14.9. The van der Waals surface area contributed by atoms with E-state index in [1.165, 1.54) is 76.2 Å². The van der Waals surface area contributed by atoms with Crippen LogP contribution in [0.2, 0.25) is 0 Å². The van der Waals surface area contributed by atoms with Gasteiger partial charge in [0.15, 0.2) is 12.4 Å². The number of unbranched alkanes of at least 4 members (excludes halogenated alkanes) is 9. The zero-order valence-electron chi connectivity index (χ0n) is 13.7. The molecule has 0 unspecified atom stereocenters. The summed E-state index contributed by atoms with van der Waals surface area (Å²) in [6, 6.07) is 4.44. The smallest absolute Gasteiger partial charge is 0.171 e. The van der Waals surface area contributed by atoms with Gasteiger partial charge in [-0.25, -0.2) is 4.57 Å². The summed E-state index contributed by atoms with van der Waals surface area (Å²) in [4.78, 5) is 0. The van der Waals surface area contributed by atoms with Gasteiger partial charge in [-0.1, -0.05) is 64.7 Å². The molecule has 1 rings (SSSR count). The summed E-state index contributed by atoms with van der Waals surface area (Å²) in [5.41, 5.74) is 1.49. The van der Waals surface area contributed by atoms with Gasteiger partial charge in [-0.05, 0) is 25.8 Å². The summed E-state index contributed by atoms with van der Waals surface area (Å²) in [6.45, 7) is 5.56. The molecule has 0 saturated heterocycles. The quantitative estimate of drug-likeness (QED) is 0.353. The molecule has 0 aromatic carbocycles. The fraction of sp³-hybridized carbons (Fsp3) is 0.737. The van der Waals surface area contributed by atoms with Crippen LogP contribution < -0.4 is 4.57 Å².